The van der Waals surface area contributed by atoms with Gasteiger partial charge in [-0.15, -0.1) is 0 Å². The lowest BCUT2D eigenvalue weighted by Crippen LogP contribution is -2.21. The van der Waals surface area contributed by atoms with Gasteiger partial charge in [0.25, 0.3) is 0 Å². The van der Waals surface area contributed by atoms with Crippen molar-refractivity contribution in [1.29, 1.82) is 0 Å². The SMILES string of the molecule is CCN(CC)c1ccc(NS(=O)(=O)Cl)c(C)c1. The molecule has 0 fully saturated rings. The van der Waals surface area contributed by atoms with E-state index >= 15 is 0 Å². The standard InChI is InChI=1S/C11H17ClN2O2S/c1-4-14(5-2)10-6-7-11(9(3)8-10)13-17(12,15)16/h6-8,13H,4-5H2,1-3H3. The molecular formula is C11H17ClN2O2S. The molecule has 1 N–H and O–H groups in total. The zero-order chi connectivity index (χ0) is 13.1. The quantitative estimate of drug-likeness (QED) is 0.842. The second-order valence-electron chi connectivity index (χ2n) is 3.71. The Bertz CT molecular complexity index is 484. The molecule has 0 aliphatic rings. The van der Waals surface area contributed by atoms with Crippen molar-refractivity contribution < 1.29 is 8.42 Å². The molecule has 0 unspecified atom stereocenters. The third-order valence-corrected chi connectivity index (χ3v) is 3.27. The summed E-state index contributed by atoms with van der Waals surface area (Å²) in [6, 6.07) is 5.55. The van der Waals surface area contributed by atoms with Crippen molar-refractivity contribution in [1.82, 2.24) is 0 Å². The van der Waals surface area contributed by atoms with Gasteiger partial charge in [0, 0.05) is 29.5 Å². The minimum absolute atomic E-state index is 0.510. The van der Waals surface area contributed by atoms with Gasteiger partial charge in [-0.05, 0) is 44.5 Å². The summed E-state index contributed by atoms with van der Waals surface area (Å²) in [5.74, 6) is 0. The molecule has 0 aromatic heterocycles. The molecule has 0 saturated heterocycles. The highest BCUT2D eigenvalue weighted by Crippen LogP contribution is 2.23. The van der Waals surface area contributed by atoms with Gasteiger partial charge < -0.3 is 4.90 Å². The highest BCUT2D eigenvalue weighted by Gasteiger charge is 2.09. The molecule has 0 saturated carbocycles. The van der Waals surface area contributed by atoms with Crippen LogP contribution in [0.3, 0.4) is 0 Å². The van der Waals surface area contributed by atoms with Crippen molar-refractivity contribution in [2.45, 2.75) is 20.8 Å². The first-order chi connectivity index (χ1) is 7.87. The van der Waals surface area contributed by atoms with Crippen LogP contribution in [0.4, 0.5) is 11.4 Å². The summed E-state index contributed by atoms with van der Waals surface area (Å²) < 4.78 is 24.1. The van der Waals surface area contributed by atoms with Crippen LogP contribution < -0.4 is 9.62 Å². The molecule has 0 radical (unpaired) electrons. The lowest BCUT2D eigenvalue weighted by molar-refractivity contribution is 0.614. The fourth-order valence-corrected chi connectivity index (χ4v) is 2.42. The second-order valence-corrected chi connectivity index (χ2v) is 6.01. The lowest BCUT2D eigenvalue weighted by atomic mass is 10.1. The van der Waals surface area contributed by atoms with Gasteiger partial charge in [0.1, 0.15) is 0 Å². The maximum absolute atomic E-state index is 10.9. The Labute approximate surface area is 107 Å². The molecule has 0 bridgehead atoms. The Morgan fingerprint density at radius 3 is 2.29 bits per heavy atom. The Kier molecular flexibility index (Phi) is 4.65. The van der Waals surface area contributed by atoms with E-state index in [4.69, 9.17) is 10.7 Å². The van der Waals surface area contributed by atoms with E-state index in [9.17, 15) is 8.42 Å². The molecular weight excluding hydrogens is 260 g/mol. The van der Waals surface area contributed by atoms with E-state index in [1.165, 1.54) is 0 Å². The van der Waals surface area contributed by atoms with Gasteiger partial charge in [0.2, 0.25) is 0 Å². The summed E-state index contributed by atoms with van der Waals surface area (Å²) in [5.41, 5.74) is 2.43. The Morgan fingerprint density at radius 2 is 1.88 bits per heavy atom. The van der Waals surface area contributed by atoms with E-state index in [-0.39, 0.29) is 0 Å². The van der Waals surface area contributed by atoms with E-state index in [0.29, 0.717) is 5.69 Å². The van der Waals surface area contributed by atoms with Crippen LogP contribution in [0, 0.1) is 6.92 Å². The zero-order valence-corrected chi connectivity index (χ0v) is 11.8. The Balaban J connectivity index is 3.01. The van der Waals surface area contributed by atoms with Crippen LogP contribution in [0.1, 0.15) is 19.4 Å². The van der Waals surface area contributed by atoms with Crippen molar-refractivity contribution in [3.05, 3.63) is 23.8 Å². The Hall–Kier alpha value is -0.940. The van der Waals surface area contributed by atoms with Gasteiger partial charge in [0.15, 0.2) is 0 Å². The second kappa shape index (κ2) is 5.60. The van der Waals surface area contributed by atoms with Gasteiger partial charge in [-0.25, -0.2) is 0 Å². The largest absolute Gasteiger partial charge is 0.372 e. The molecule has 0 heterocycles. The summed E-state index contributed by atoms with van der Waals surface area (Å²) in [7, 11) is 1.41. The molecule has 0 spiro atoms. The number of rotatable bonds is 5. The highest BCUT2D eigenvalue weighted by molar-refractivity contribution is 8.14. The number of halogens is 1. The van der Waals surface area contributed by atoms with Crippen molar-refractivity contribution in [3.8, 4) is 0 Å². The van der Waals surface area contributed by atoms with E-state index in [2.05, 4.69) is 23.5 Å². The highest BCUT2D eigenvalue weighted by atomic mass is 35.7. The van der Waals surface area contributed by atoms with Gasteiger partial charge in [0.05, 0.1) is 5.69 Å². The first-order valence-electron chi connectivity index (χ1n) is 5.45. The van der Waals surface area contributed by atoms with Crippen molar-refractivity contribution in [3.63, 3.8) is 0 Å². The topological polar surface area (TPSA) is 49.4 Å². The summed E-state index contributed by atoms with van der Waals surface area (Å²) >= 11 is 0. The fourth-order valence-electron chi connectivity index (χ4n) is 1.68. The monoisotopic (exact) mass is 276 g/mol. The molecule has 1 aromatic rings. The normalized spacial score (nSPS) is 11.3. The van der Waals surface area contributed by atoms with Crippen LogP contribution in [0.5, 0.6) is 0 Å². The van der Waals surface area contributed by atoms with E-state index in [1.807, 2.05) is 19.1 Å². The third-order valence-electron chi connectivity index (χ3n) is 2.57. The fraction of sp³-hybridized carbons (Fsp3) is 0.455. The number of hydrogen-bond acceptors (Lipinski definition) is 3. The summed E-state index contributed by atoms with van der Waals surface area (Å²) in [4.78, 5) is 2.19. The molecule has 0 aliphatic carbocycles. The molecule has 0 atom stereocenters. The van der Waals surface area contributed by atoms with Crippen molar-refractivity contribution >= 4 is 31.3 Å². The average molecular weight is 277 g/mol. The van der Waals surface area contributed by atoms with Crippen molar-refractivity contribution in [2.24, 2.45) is 0 Å². The van der Waals surface area contributed by atoms with Crippen LogP contribution in [0.15, 0.2) is 18.2 Å². The number of nitrogens with one attached hydrogen (secondary N) is 1. The maximum atomic E-state index is 10.9. The minimum atomic E-state index is -3.74. The van der Waals surface area contributed by atoms with Gasteiger partial charge >= 0.3 is 9.24 Å². The van der Waals surface area contributed by atoms with Gasteiger partial charge in [-0.1, -0.05) is 0 Å². The van der Waals surface area contributed by atoms with Crippen LogP contribution in [-0.4, -0.2) is 21.5 Å². The van der Waals surface area contributed by atoms with Crippen LogP contribution in [0.25, 0.3) is 0 Å². The van der Waals surface area contributed by atoms with Crippen LogP contribution >= 0.6 is 10.7 Å². The van der Waals surface area contributed by atoms with Crippen LogP contribution in [-0.2, 0) is 9.24 Å². The van der Waals surface area contributed by atoms with Crippen molar-refractivity contribution in [2.75, 3.05) is 22.7 Å². The molecule has 17 heavy (non-hydrogen) atoms. The molecule has 96 valence electrons. The molecule has 1 rings (SSSR count). The first-order valence-corrected chi connectivity index (χ1v) is 7.76. The predicted molar refractivity (Wildman–Crippen MR) is 73.1 cm³/mol. The summed E-state index contributed by atoms with van der Waals surface area (Å²) in [5, 5.41) is 0. The number of nitrogens with zero attached hydrogens (tertiary/aromatic N) is 1. The van der Waals surface area contributed by atoms with Gasteiger partial charge in [-0.2, -0.15) is 8.42 Å². The third kappa shape index (κ3) is 4.09. The number of anilines is 2. The molecule has 0 aliphatic heterocycles. The minimum Gasteiger partial charge on any atom is -0.372 e. The number of benzene rings is 1. The molecule has 1 aromatic carbocycles. The molecule has 6 heteroatoms. The van der Waals surface area contributed by atoms with Crippen LogP contribution in [0.2, 0.25) is 0 Å². The smallest absolute Gasteiger partial charge is 0.319 e. The van der Waals surface area contributed by atoms with E-state index in [1.54, 1.807) is 6.07 Å². The summed E-state index contributed by atoms with van der Waals surface area (Å²) in [6.07, 6.45) is 0. The average Bonchev–Trinajstić information content (AvgIpc) is 2.22. The predicted octanol–water partition coefficient (Wildman–Crippen LogP) is 2.74. The lowest BCUT2D eigenvalue weighted by Gasteiger charge is -2.22. The number of aryl methyl sites for hydroxylation is 1. The first kappa shape index (κ1) is 14.1. The zero-order valence-electron chi connectivity index (χ0n) is 10.2. The van der Waals surface area contributed by atoms with E-state index in [0.717, 1.165) is 24.3 Å². The molecule has 4 nitrogen and oxygen atoms in total. The molecule has 0 amide bonds. The number of hydrogen-bond donors (Lipinski definition) is 1. The maximum Gasteiger partial charge on any atom is 0.319 e. The van der Waals surface area contributed by atoms with E-state index < -0.39 is 9.24 Å². The summed E-state index contributed by atoms with van der Waals surface area (Å²) in [6.45, 7) is 7.83. The Morgan fingerprint density at radius 1 is 1.29 bits per heavy atom. The van der Waals surface area contributed by atoms with Gasteiger partial charge in [-0.3, -0.25) is 4.72 Å².